The number of rotatable bonds is 3. The van der Waals surface area contributed by atoms with E-state index < -0.39 is 0 Å². The van der Waals surface area contributed by atoms with Gasteiger partial charge >= 0.3 is 0 Å². The molecule has 1 N–H and O–H groups in total. The number of aromatic nitrogens is 2. The zero-order valence-corrected chi connectivity index (χ0v) is 12.0. The first-order chi connectivity index (χ1) is 7.78. The number of hydrogen-bond acceptors (Lipinski definition) is 5. The predicted molar refractivity (Wildman–Crippen MR) is 69.1 cm³/mol. The van der Waals surface area contributed by atoms with Gasteiger partial charge in [0, 0.05) is 6.04 Å². The molecule has 1 fully saturated rings. The minimum atomic E-state index is -0.122. The van der Waals surface area contributed by atoms with E-state index in [1.54, 1.807) is 11.3 Å². The Balaban J connectivity index is 1.95. The molecule has 0 spiro atoms. The van der Waals surface area contributed by atoms with Crippen molar-refractivity contribution in [2.75, 3.05) is 0 Å². The first-order valence-corrected chi connectivity index (χ1v) is 6.83. The lowest BCUT2D eigenvalue weighted by Crippen LogP contribution is -2.42. The zero-order valence-electron chi connectivity index (χ0n) is 11.2. The summed E-state index contributed by atoms with van der Waals surface area (Å²) in [5, 5.41) is 13.8. The fourth-order valence-electron chi connectivity index (χ4n) is 2.50. The highest BCUT2D eigenvalue weighted by molar-refractivity contribution is 7.11. The van der Waals surface area contributed by atoms with E-state index in [9.17, 15) is 0 Å². The van der Waals surface area contributed by atoms with Gasteiger partial charge in [0.2, 0.25) is 0 Å². The van der Waals surface area contributed by atoms with E-state index in [2.05, 4.69) is 43.2 Å². The maximum Gasteiger partial charge on any atom is 0.131 e. The Morgan fingerprint density at radius 3 is 2.53 bits per heavy atom. The Hall–Kier alpha value is -0.520. The van der Waals surface area contributed by atoms with Crippen LogP contribution in [-0.4, -0.2) is 27.4 Å². The third kappa shape index (κ3) is 3.03. The highest BCUT2D eigenvalue weighted by Gasteiger charge is 2.45. The van der Waals surface area contributed by atoms with Crippen LogP contribution < -0.4 is 5.32 Å². The Bertz CT molecular complexity index is 400. The molecule has 1 aliphatic rings. The van der Waals surface area contributed by atoms with Gasteiger partial charge in [0.05, 0.1) is 17.7 Å². The molecular formula is C12H21N3OS. The number of hydrogen-bond donors (Lipinski definition) is 1. The Morgan fingerprint density at radius 2 is 2.06 bits per heavy atom. The van der Waals surface area contributed by atoms with Crippen LogP contribution in [0.4, 0.5) is 0 Å². The van der Waals surface area contributed by atoms with E-state index in [1.807, 2.05) is 6.92 Å². The summed E-state index contributed by atoms with van der Waals surface area (Å²) in [5.41, 5.74) is -0.165. The van der Waals surface area contributed by atoms with Crippen LogP contribution in [0.5, 0.6) is 0 Å². The first kappa shape index (κ1) is 12.9. The van der Waals surface area contributed by atoms with Crippen molar-refractivity contribution in [3.63, 3.8) is 0 Å². The minimum absolute atomic E-state index is 0.0434. The van der Waals surface area contributed by atoms with Gasteiger partial charge in [0.25, 0.3) is 0 Å². The molecule has 0 radical (unpaired) electrons. The molecule has 0 aromatic carbocycles. The van der Waals surface area contributed by atoms with Gasteiger partial charge in [-0.05, 0) is 41.0 Å². The van der Waals surface area contributed by atoms with Gasteiger partial charge in [-0.15, -0.1) is 21.5 Å². The Morgan fingerprint density at radius 1 is 1.35 bits per heavy atom. The summed E-state index contributed by atoms with van der Waals surface area (Å²) >= 11 is 1.65. The van der Waals surface area contributed by atoms with Crippen LogP contribution in [0, 0.1) is 6.92 Å². The van der Waals surface area contributed by atoms with E-state index in [-0.39, 0.29) is 11.2 Å². The quantitative estimate of drug-likeness (QED) is 0.900. The highest BCUT2D eigenvalue weighted by Crippen LogP contribution is 2.37. The van der Waals surface area contributed by atoms with Crippen molar-refractivity contribution in [2.45, 2.75) is 64.8 Å². The molecule has 1 saturated heterocycles. The highest BCUT2D eigenvalue weighted by atomic mass is 32.1. The molecule has 1 unspecified atom stereocenters. The average molecular weight is 255 g/mol. The summed E-state index contributed by atoms with van der Waals surface area (Å²) in [4.78, 5) is 0. The average Bonchev–Trinajstić information content (AvgIpc) is 2.64. The van der Waals surface area contributed by atoms with Crippen LogP contribution in [0.25, 0.3) is 0 Å². The first-order valence-electron chi connectivity index (χ1n) is 6.01. The van der Waals surface area contributed by atoms with Crippen LogP contribution in [0.15, 0.2) is 0 Å². The van der Waals surface area contributed by atoms with E-state index >= 15 is 0 Å². The van der Waals surface area contributed by atoms with E-state index in [0.717, 1.165) is 23.0 Å². The molecule has 17 heavy (non-hydrogen) atoms. The molecule has 5 heteroatoms. The second kappa shape index (κ2) is 4.30. The Kier molecular flexibility index (Phi) is 3.27. The lowest BCUT2D eigenvalue weighted by Gasteiger charge is -2.27. The number of nitrogens with zero attached hydrogens (tertiary/aromatic N) is 2. The fraction of sp³-hybridized carbons (Fsp3) is 0.833. The summed E-state index contributed by atoms with van der Waals surface area (Å²) in [6, 6.07) is 0.363. The standard InChI is InChI=1S/C12H21N3OS/c1-8-14-15-10(17-8)7-13-9-6-11(2,3)16-12(9,4)5/h9,13H,6-7H2,1-5H3. The number of aryl methyl sites for hydroxylation is 1. The second-order valence-electron chi connectivity index (χ2n) is 5.82. The third-order valence-corrected chi connectivity index (χ3v) is 3.98. The predicted octanol–water partition coefficient (Wildman–Crippen LogP) is 2.28. The second-order valence-corrected chi connectivity index (χ2v) is 7.08. The molecule has 96 valence electrons. The van der Waals surface area contributed by atoms with Crippen LogP contribution >= 0.6 is 11.3 Å². The van der Waals surface area contributed by atoms with Crippen molar-refractivity contribution in [1.29, 1.82) is 0 Å². The van der Waals surface area contributed by atoms with Crippen LogP contribution in [0.1, 0.15) is 44.1 Å². The molecule has 0 amide bonds. The zero-order chi connectivity index (χ0) is 12.7. The summed E-state index contributed by atoms with van der Waals surface area (Å²) < 4.78 is 6.05. The van der Waals surface area contributed by atoms with Gasteiger partial charge in [-0.1, -0.05) is 0 Å². The minimum Gasteiger partial charge on any atom is -0.368 e. The van der Waals surface area contributed by atoms with Gasteiger partial charge in [-0.2, -0.15) is 0 Å². The maximum absolute atomic E-state index is 6.05. The smallest absolute Gasteiger partial charge is 0.131 e. The topological polar surface area (TPSA) is 47.0 Å². The van der Waals surface area contributed by atoms with Crippen molar-refractivity contribution < 1.29 is 4.74 Å². The number of nitrogens with one attached hydrogen (secondary N) is 1. The van der Waals surface area contributed by atoms with Gasteiger partial charge < -0.3 is 10.1 Å². The summed E-state index contributed by atoms with van der Waals surface area (Å²) in [6.07, 6.45) is 1.03. The van der Waals surface area contributed by atoms with Gasteiger partial charge in [-0.25, -0.2) is 0 Å². The molecule has 1 aromatic rings. The SMILES string of the molecule is Cc1nnc(CNC2CC(C)(C)OC2(C)C)s1. The molecule has 0 aliphatic carbocycles. The van der Waals surface area contributed by atoms with Crippen molar-refractivity contribution in [1.82, 2.24) is 15.5 Å². The lowest BCUT2D eigenvalue weighted by molar-refractivity contribution is -0.0699. The van der Waals surface area contributed by atoms with Crippen molar-refractivity contribution in [3.8, 4) is 0 Å². The normalized spacial score (nSPS) is 26.3. The molecule has 1 atom stereocenters. The van der Waals surface area contributed by atoms with Crippen LogP contribution in [0.3, 0.4) is 0 Å². The van der Waals surface area contributed by atoms with Crippen LogP contribution in [-0.2, 0) is 11.3 Å². The van der Waals surface area contributed by atoms with E-state index in [0.29, 0.717) is 6.04 Å². The Labute approximate surface area is 107 Å². The number of ether oxygens (including phenoxy) is 1. The van der Waals surface area contributed by atoms with Gasteiger partial charge in [0.15, 0.2) is 0 Å². The maximum atomic E-state index is 6.05. The molecule has 0 bridgehead atoms. The lowest BCUT2D eigenvalue weighted by atomic mass is 9.94. The largest absolute Gasteiger partial charge is 0.368 e. The molecular weight excluding hydrogens is 234 g/mol. The summed E-state index contributed by atoms with van der Waals surface area (Å²) in [7, 11) is 0. The molecule has 2 rings (SSSR count). The monoisotopic (exact) mass is 255 g/mol. The summed E-state index contributed by atoms with van der Waals surface area (Å²) in [6.45, 7) is 11.3. The molecule has 2 heterocycles. The van der Waals surface area contributed by atoms with Crippen molar-refractivity contribution in [2.24, 2.45) is 0 Å². The molecule has 1 aromatic heterocycles. The fourth-order valence-corrected chi connectivity index (χ4v) is 3.16. The molecule has 4 nitrogen and oxygen atoms in total. The molecule has 0 saturated carbocycles. The van der Waals surface area contributed by atoms with Gasteiger partial charge in [0.1, 0.15) is 10.0 Å². The van der Waals surface area contributed by atoms with Crippen molar-refractivity contribution >= 4 is 11.3 Å². The van der Waals surface area contributed by atoms with Crippen LogP contribution in [0.2, 0.25) is 0 Å². The molecule has 1 aliphatic heterocycles. The third-order valence-electron chi connectivity index (χ3n) is 3.14. The van der Waals surface area contributed by atoms with E-state index in [1.165, 1.54) is 0 Å². The summed E-state index contributed by atoms with van der Waals surface area (Å²) in [5.74, 6) is 0. The van der Waals surface area contributed by atoms with Gasteiger partial charge in [-0.3, -0.25) is 0 Å². The van der Waals surface area contributed by atoms with E-state index in [4.69, 9.17) is 4.74 Å². The van der Waals surface area contributed by atoms with Crippen molar-refractivity contribution in [3.05, 3.63) is 10.0 Å².